The molecule has 0 atom stereocenters. The first-order chi connectivity index (χ1) is 9.11. The Balaban J connectivity index is 1.87. The second-order valence-electron chi connectivity index (χ2n) is 5.21. The van der Waals surface area contributed by atoms with Gasteiger partial charge in [0.2, 0.25) is 0 Å². The van der Waals surface area contributed by atoms with Crippen LogP contribution in [0.3, 0.4) is 0 Å². The lowest BCUT2D eigenvalue weighted by Crippen LogP contribution is -2.45. The number of hydrazine groups is 1. The van der Waals surface area contributed by atoms with Gasteiger partial charge in [0.05, 0.1) is 5.60 Å². The molecule has 0 aliphatic carbocycles. The van der Waals surface area contributed by atoms with Crippen LogP contribution in [0.25, 0.3) is 0 Å². The maximum atomic E-state index is 10.4. The van der Waals surface area contributed by atoms with E-state index in [1.807, 2.05) is 19.2 Å². The fourth-order valence-corrected chi connectivity index (χ4v) is 2.38. The minimum Gasteiger partial charge on any atom is -0.388 e. The number of pyridine rings is 1. The van der Waals surface area contributed by atoms with Crippen molar-refractivity contribution in [2.75, 3.05) is 32.2 Å². The van der Waals surface area contributed by atoms with E-state index in [4.69, 9.17) is 10.6 Å². The van der Waals surface area contributed by atoms with E-state index >= 15 is 0 Å². The van der Waals surface area contributed by atoms with Crippen molar-refractivity contribution in [2.45, 2.75) is 25.0 Å². The highest BCUT2D eigenvalue weighted by molar-refractivity contribution is 5.33. The number of ether oxygens (including phenoxy) is 1. The van der Waals surface area contributed by atoms with Gasteiger partial charge in [-0.25, -0.2) is 10.8 Å². The van der Waals surface area contributed by atoms with E-state index in [0.717, 1.165) is 12.1 Å². The Morgan fingerprint density at radius 1 is 1.47 bits per heavy atom. The van der Waals surface area contributed by atoms with E-state index in [1.54, 1.807) is 6.20 Å². The Bertz CT molecular complexity index is 390. The smallest absolute Gasteiger partial charge is 0.139 e. The molecule has 2 heterocycles. The lowest BCUT2D eigenvalue weighted by atomic mass is 9.94. The Labute approximate surface area is 113 Å². The van der Waals surface area contributed by atoms with Crippen molar-refractivity contribution in [2.24, 2.45) is 5.84 Å². The fraction of sp³-hybridized carbons (Fsp3) is 0.615. The zero-order valence-corrected chi connectivity index (χ0v) is 11.3. The molecule has 4 N–H and O–H groups in total. The third-order valence-corrected chi connectivity index (χ3v) is 3.41. The van der Waals surface area contributed by atoms with Gasteiger partial charge >= 0.3 is 0 Å². The number of nitrogen functional groups attached to an aromatic ring is 1. The van der Waals surface area contributed by atoms with Gasteiger partial charge in [-0.15, -0.1) is 0 Å². The van der Waals surface area contributed by atoms with Gasteiger partial charge in [0.15, 0.2) is 0 Å². The summed E-state index contributed by atoms with van der Waals surface area (Å²) in [5.41, 5.74) is 2.97. The predicted octanol–water partition coefficient (Wildman–Crippen LogP) is 0.341. The molecule has 2 rings (SSSR count). The SMILES string of the molecule is CN(Cc1ccc(NN)nc1)CC1(O)CCOCC1. The summed E-state index contributed by atoms with van der Waals surface area (Å²) in [4.78, 5) is 6.28. The molecule has 1 aliphatic heterocycles. The minimum absolute atomic E-state index is 0.626. The third-order valence-electron chi connectivity index (χ3n) is 3.41. The molecule has 6 nitrogen and oxygen atoms in total. The summed E-state index contributed by atoms with van der Waals surface area (Å²) in [7, 11) is 2.00. The third kappa shape index (κ3) is 4.14. The molecule has 0 saturated carbocycles. The molecule has 0 radical (unpaired) electrons. The molecule has 1 aliphatic rings. The van der Waals surface area contributed by atoms with Gasteiger partial charge in [-0.05, 0) is 18.7 Å². The van der Waals surface area contributed by atoms with Crippen LogP contribution in [-0.2, 0) is 11.3 Å². The highest BCUT2D eigenvalue weighted by Crippen LogP contribution is 2.21. The molecule has 0 bridgehead atoms. The molecule has 19 heavy (non-hydrogen) atoms. The number of rotatable bonds is 5. The van der Waals surface area contributed by atoms with Gasteiger partial charge in [0, 0.05) is 45.3 Å². The summed E-state index contributed by atoms with van der Waals surface area (Å²) >= 11 is 0. The molecule has 0 aromatic carbocycles. The number of hydrogen-bond acceptors (Lipinski definition) is 6. The Morgan fingerprint density at radius 2 is 2.21 bits per heavy atom. The zero-order valence-electron chi connectivity index (χ0n) is 11.3. The molecule has 0 spiro atoms. The van der Waals surface area contributed by atoms with Crippen LogP contribution >= 0.6 is 0 Å². The number of anilines is 1. The minimum atomic E-state index is -0.626. The van der Waals surface area contributed by atoms with Crippen molar-refractivity contribution in [3.05, 3.63) is 23.9 Å². The van der Waals surface area contributed by atoms with Crippen LogP contribution in [-0.4, -0.2) is 47.4 Å². The van der Waals surface area contributed by atoms with Gasteiger partial charge in [0.25, 0.3) is 0 Å². The maximum Gasteiger partial charge on any atom is 0.139 e. The Kier molecular flexibility index (Phi) is 4.71. The van der Waals surface area contributed by atoms with E-state index in [-0.39, 0.29) is 0 Å². The first kappa shape index (κ1) is 14.2. The van der Waals surface area contributed by atoms with Crippen molar-refractivity contribution in [3.63, 3.8) is 0 Å². The standard InChI is InChI=1S/C13H22N4O2/c1-17(10-13(18)4-6-19-7-5-13)9-11-2-3-12(16-14)15-8-11/h2-3,8,18H,4-7,9-10,14H2,1H3,(H,15,16). The molecule has 1 saturated heterocycles. The normalized spacial score (nSPS) is 18.5. The van der Waals surface area contributed by atoms with Gasteiger partial charge < -0.3 is 15.3 Å². The van der Waals surface area contributed by atoms with Crippen molar-refractivity contribution < 1.29 is 9.84 Å². The second kappa shape index (κ2) is 6.29. The van der Waals surface area contributed by atoms with Crippen molar-refractivity contribution in [3.8, 4) is 0 Å². The van der Waals surface area contributed by atoms with Gasteiger partial charge in [0.1, 0.15) is 5.82 Å². The first-order valence-electron chi connectivity index (χ1n) is 6.51. The Hall–Kier alpha value is -1.21. The molecule has 1 aromatic heterocycles. The maximum absolute atomic E-state index is 10.4. The van der Waals surface area contributed by atoms with E-state index in [0.29, 0.717) is 38.4 Å². The van der Waals surface area contributed by atoms with Crippen LogP contribution < -0.4 is 11.3 Å². The van der Waals surface area contributed by atoms with Crippen LogP contribution in [0.4, 0.5) is 5.82 Å². The monoisotopic (exact) mass is 266 g/mol. The average Bonchev–Trinajstić information content (AvgIpc) is 2.39. The Morgan fingerprint density at radius 3 is 2.79 bits per heavy atom. The topological polar surface area (TPSA) is 83.6 Å². The largest absolute Gasteiger partial charge is 0.388 e. The molecule has 0 amide bonds. The number of hydrogen-bond donors (Lipinski definition) is 3. The summed E-state index contributed by atoms with van der Waals surface area (Å²) in [6.07, 6.45) is 3.19. The lowest BCUT2D eigenvalue weighted by molar-refractivity contribution is -0.0777. The fourth-order valence-electron chi connectivity index (χ4n) is 2.38. The van der Waals surface area contributed by atoms with Crippen LogP contribution in [0.2, 0.25) is 0 Å². The van der Waals surface area contributed by atoms with Gasteiger partial charge in [-0.3, -0.25) is 4.90 Å². The van der Waals surface area contributed by atoms with Crippen molar-refractivity contribution in [1.29, 1.82) is 0 Å². The molecular weight excluding hydrogens is 244 g/mol. The number of nitrogens with one attached hydrogen (secondary N) is 1. The second-order valence-corrected chi connectivity index (χ2v) is 5.21. The highest BCUT2D eigenvalue weighted by atomic mass is 16.5. The quantitative estimate of drug-likeness (QED) is 0.526. The zero-order chi connectivity index (χ0) is 13.7. The number of aliphatic hydroxyl groups is 1. The summed E-state index contributed by atoms with van der Waals surface area (Å²) in [5.74, 6) is 5.92. The first-order valence-corrected chi connectivity index (χ1v) is 6.51. The van der Waals surface area contributed by atoms with Crippen molar-refractivity contribution in [1.82, 2.24) is 9.88 Å². The summed E-state index contributed by atoms with van der Waals surface area (Å²) in [5, 5.41) is 10.4. The van der Waals surface area contributed by atoms with E-state index in [9.17, 15) is 5.11 Å². The summed E-state index contributed by atoms with van der Waals surface area (Å²) in [6, 6.07) is 3.82. The van der Waals surface area contributed by atoms with E-state index in [2.05, 4.69) is 15.3 Å². The van der Waals surface area contributed by atoms with Crippen LogP contribution in [0.1, 0.15) is 18.4 Å². The number of aromatic nitrogens is 1. The van der Waals surface area contributed by atoms with Gasteiger partial charge in [-0.1, -0.05) is 6.07 Å². The van der Waals surface area contributed by atoms with Crippen molar-refractivity contribution >= 4 is 5.82 Å². The summed E-state index contributed by atoms with van der Waals surface area (Å²) in [6.45, 7) is 2.68. The number of likely N-dealkylation sites (N-methyl/N-ethyl adjacent to an activating group) is 1. The predicted molar refractivity (Wildman–Crippen MR) is 73.4 cm³/mol. The van der Waals surface area contributed by atoms with Crippen LogP contribution in [0.15, 0.2) is 18.3 Å². The average molecular weight is 266 g/mol. The molecule has 0 unspecified atom stereocenters. The molecule has 106 valence electrons. The molecule has 1 fully saturated rings. The highest BCUT2D eigenvalue weighted by Gasteiger charge is 2.30. The van der Waals surface area contributed by atoms with Crippen LogP contribution in [0, 0.1) is 0 Å². The lowest BCUT2D eigenvalue weighted by Gasteiger charge is -2.35. The number of nitrogens with zero attached hydrogens (tertiary/aromatic N) is 2. The molecule has 6 heteroatoms. The van der Waals surface area contributed by atoms with E-state index in [1.165, 1.54) is 0 Å². The van der Waals surface area contributed by atoms with Gasteiger partial charge in [-0.2, -0.15) is 0 Å². The summed E-state index contributed by atoms with van der Waals surface area (Å²) < 4.78 is 5.28. The number of nitrogens with two attached hydrogens (primary N) is 1. The van der Waals surface area contributed by atoms with E-state index < -0.39 is 5.60 Å². The molecule has 1 aromatic rings. The molecular formula is C13H22N4O2. The van der Waals surface area contributed by atoms with Crippen LogP contribution in [0.5, 0.6) is 0 Å².